The Balaban J connectivity index is 4.23. The molecule has 6 heteroatoms. The lowest BCUT2D eigenvalue weighted by molar-refractivity contribution is -0.139. The first-order chi connectivity index (χ1) is 6.58. The van der Waals surface area contributed by atoms with Crippen LogP contribution in [0, 0.1) is 0 Å². The summed E-state index contributed by atoms with van der Waals surface area (Å²) in [5, 5.41) is 36.5. The summed E-state index contributed by atoms with van der Waals surface area (Å²) in [5.74, 6) is 0. The largest absolute Gasteiger partial charge is 0.394 e. The van der Waals surface area contributed by atoms with Gasteiger partial charge < -0.3 is 29.9 Å². The van der Waals surface area contributed by atoms with Gasteiger partial charge in [0.05, 0.1) is 13.2 Å². The van der Waals surface area contributed by atoms with Gasteiger partial charge in [-0.3, -0.25) is 0 Å². The summed E-state index contributed by atoms with van der Waals surface area (Å²) in [6, 6.07) is 0. The molecule has 0 fully saturated rings. The molecule has 6 nitrogen and oxygen atoms in total. The molecule has 0 rings (SSSR count). The summed E-state index contributed by atoms with van der Waals surface area (Å²) in [5.41, 5.74) is 0. The van der Waals surface area contributed by atoms with Crippen LogP contribution in [0.25, 0.3) is 0 Å². The predicted octanol–water partition coefficient (Wildman–Crippen LogP) is -2.28. The maximum absolute atomic E-state index is 9.42. The number of hydrogen-bond donors (Lipinski definition) is 4. The highest BCUT2D eigenvalue weighted by molar-refractivity contribution is 4.81. The molecule has 0 aromatic carbocycles. The zero-order valence-electron chi connectivity index (χ0n) is 8.33. The lowest BCUT2D eigenvalue weighted by Gasteiger charge is -2.28. The third-order valence-corrected chi connectivity index (χ3v) is 1.91. The molecule has 0 aliphatic heterocycles. The molecule has 0 amide bonds. The van der Waals surface area contributed by atoms with Gasteiger partial charge in [0.2, 0.25) is 0 Å². The summed E-state index contributed by atoms with van der Waals surface area (Å²) >= 11 is 0. The Bertz CT molecular complexity index is 142. The van der Waals surface area contributed by atoms with Crippen LogP contribution in [0.1, 0.15) is 0 Å². The average Bonchev–Trinajstić information content (AvgIpc) is 2.18. The van der Waals surface area contributed by atoms with E-state index in [0.717, 1.165) is 0 Å². The zero-order chi connectivity index (χ0) is 11.1. The lowest BCUT2D eigenvalue weighted by Crippen LogP contribution is -2.48. The molecule has 0 heterocycles. The third kappa shape index (κ3) is 3.87. The van der Waals surface area contributed by atoms with Crippen molar-refractivity contribution in [1.82, 2.24) is 0 Å². The summed E-state index contributed by atoms with van der Waals surface area (Å²) in [4.78, 5) is 0. The number of hydrogen-bond acceptors (Lipinski definition) is 6. The molecule has 14 heavy (non-hydrogen) atoms. The molecular formula is C8H18O6. The fourth-order valence-corrected chi connectivity index (χ4v) is 1.12. The van der Waals surface area contributed by atoms with E-state index in [1.807, 2.05) is 0 Å². The number of rotatable bonds is 7. The Labute approximate surface area is 82.7 Å². The van der Waals surface area contributed by atoms with Gasteiger partial charge in [-0.1, -0.05) is 0 Å². The van der Waals surface area contributed by atoms with Gasteiger partial charge in [0.1, 0.15) is 24.4 Å². The number of ether oxygens (including phenoxy) is 2. The van der Waals surface area contributed by atoms with E-state index in [9.17, 15) is 10.2 Å². The molecule has 0 aromatic heterocycles. The second-order valence-electron chi connectivity index (χ2n) is 2.96. The van der Waals surface area contributed by atoms with Gasteiger partial charge in [-0.05, 0) is 0 Å². The van der Waals surface area contributed by atoms with Crippen molar-refractivity contribution in [3.8, 4) is 0 Å². The summed E-state index contributed by atoms with van der Waals surface area (Å²) < 4.78 is 9.46. The topological polar surface area (TPSA) is 99.4 Å². The van der Waals surface area contributed by atoms with Crippen molar-refractivity contribution in [2.75, 3.05) is 27.4 Å². The van der Waals surface area contributed by atoms with Crippen LogP contribution in [0.5, 0.6) is 0 Å². The van der Waals surface area contributed by atoms with E-state index in [2.05, 4.69) is 4.74 Å². The van der Waals surface area contributed by atoms with Crippen molar-refractivity contribution >= 4 is 0 Å². The maximum atomic E-state index is 9.42. The highest BCUT2D eigenvalue weighted by atomic mass is 16.5. The minimum absolute atomic E-state index is 0.0201. The Morgan fingerprint density at radius 3 is 2.00 bits per heavy atom. The summed E-state index contributed by atoms with van der Waals surface area (Å²) in [7, 11) is 2.68. The van der Waals surface area contributed by atoms with Crippen molar-refractivity contribution in [2.45, 2.75) is 24.4 Å². The van der Waals surface area contributed by atoms with E-state index in [4.69, 9.17) is 14.9 Å². The van der Waals surface area contributed by atoms with Gasteiger partial charge in [-0.15, -0.1) is 0 Å². The van der Waals surface area contributed by atoms with Crippen molar-refractivity contribution in [3.05, 3.63) is 0 Å². The van der Waals surface area contributed by atoms with E-state index >= 15 is 0 Å². The van der Waals surface area contributed by atoms with Gasteiger partial charge in [-0.25, -0.2) is 0 Å². The quantitative estimate of drug-likeness (QED) is 0.378. The van der Waals surface area contributed by atoms with Crippen LogP contribution in [0.4, 0.5) is 0 Å². The fraction of sp³-hybridized carbons (Fsp3) is 1.00. The number of aliphatic hydroxyl groups excluding tert-OH is 4. The van der Waals surface area contributed by atoms with Crippen LogP contribution in [0.3, 0.4) is 0 Å². The maximum Gasteiger partial charge on any atom is 0.114 e. The molecule has 0 radical (unpaired) electrons. The Kier molecular flexibility index (Phi) is 6.98. The normalized spacial score (nSPS) is 20.1. The smallest absolute Gasteiger partial charge is 0.114 e. The van der Waals surface area contributed by atoms with Gasteiger partial charge in [0.15, 0.2) is 0 Å². The van der Waals surface area contributed by atoms with Crippen molar-refractivity contribution < 1.29 is 29.9 Å². The first-order valence-corrected chi connectivity index (χ1v) is 4.25. The van der Waals surface area contributed by atoms with Gasteiger partial charge in [0, 0.05) is 14.2 Å². The molecule has 0 bridgehead atoms. The second-order valence-corrected chi connectivity index (χ2v) is 2.96. The molecule has 0 saturated carbocycles. The SMILES string of the molecule is COCC(O)C(OC)C(O)C(O)CO. The Morgan fingerprint density at radius 1 is 1.07 bits per heavy atom. The first-order valence-electron chi connectivity index (χ1n) is 4.25. The third-order valence-electron chi connectivity index (χ3n) is 1.91. The Morgan fingerprint density at radius 2 is 1.64 bits per heavy atom. The molecule has 86 valence electrons. The standard InChI is InChI=1S/C8H18O6/c1-13-4-6(11)8(14-2)7(12)5(10)3-9/h5-12H,3-4H2,1-2H3. The minimum Gasteiger partial charge on any atom is -0.394 e. The predicted molar refractivity (Wildman–Crippen MR) is 47.8 cm³/mol. The van der Waals surface area contributed by atoms with Crippen molar-refractivity contribution in [3.63, 3.8) is 0 Å². The average molecular weight is 210 g/mol. The van der Waals surface area contributed by atoms with Crippen molar-refractivity contribution in [2.24, 2.45) is 0 Å². The molecule has 0 aliphatic rings. The second kappa shape index (κ2) is 7.10. The van der Waals surface area contributed by atoms with E-state index in [0.29, 0.717) is 0 Å². The monoisotopic (exact) mass is 210 g/mol. The van der Waals surface area contributed by atoms with Crippen LogP contribution in [-0.4, -0.2) is 72.3 Å². The summed E-state index contributed by atoms with van der Waals surface area (Å²) in [6.07, 6.45) is -4.74. The van der Waals surface area contributed by atoms with E-state index in [1.165, 1.54) is 14.2 Å². The van der Waals surface area contributed by atoms with Gasteiger partial charge in [0.25, 0.3) is 0 Å². The van der Waals surface area contributed by atoms with Crippen LogP contribution >= 0.6 is 0 Å². The molecule has 0 aromatic rings. The molecular weight excluding hydrogens is 192 g/mol. The molecule has 0 spiro atoms. The van der Waals surface area contributed by atoms with Crippen LogP contribution in [-0.2, 0) is 9.47 Å². The van der Waals surface area contributed by atoms with E-state index < -0.39 is 31.0 Å². The summed E-state index contributed by atoms with van der Waals surface area (Å²) in [6.45, 7) is -0.617. The van der Waals surface area contributed by atoms with E-state index in [1.54, 1.807) is 0 Å². The van der Waals surface area contributed by atoms with Crippen molar-refractivity contribution in [1.29, 1.82) is 0 Å². The highest BCUT2D eigenvalue weighted by Crippen LogP contribution is 2.08. The zero-order valence-corrected chi connectivity index (χ0v) is 8.33. The molecule has 4 unspecified atom stereocenters. The minimum atomic E-state index is -1.35. The Hall–Kier alpha value is -0.240. The van der Waals surface area contributed by atoms with Crippen LogP contribution in [0.15, 0.2) is 0 Å². The van der Waals surface area contributed by atoms with E-state index in [-0.39, 0.29) is 6.61 Å². The molecule has 4 N–H and O–H groups in total. The first kappa shape index (κ1) is 13.8. The lowest BCUT2D eigenvalue weighted by atomic mass is 10.0. The molecule has 0 saturated heterocycles. The molecule has 0 aliphatic carbocycles. The van der Waals surface area contributed by atoms with Crippen LogP contribution in [0.2, 0.25) is 0 Å². The fourth-order valence-electron chi connectivity index (χ4n) is 1.12. The van der Waals surface area contributed by atoms with Crippen LogP contribution < -0.4 is 0 Å². The van der Waals surface area contributed by atoms with Gasteiger partial charge >= 0.3 is 0 Å². The van der Waals surface area contributed by atoms with Gasteiger partial charge in [-0.2, -0.15) is 0 Å². The number of methoxy groups -OCH3 is 2. The molecule has 4 atom stereocenters. The highest BCUT2D eigenvalue weighted by Gasteiger charge is 2.31. The number of aliphatic hydroxyl groups is 4.